The number of non-ortho nitro benzene ring substituents is 1. The lowest BCUT2D eigenvalue weighted by atomic mass is 10.1. The van der Waals surface area contributed by atoms with Crippen LogP contribution in [0.4, 0.5) is 5.69 Å². The van der Waals surface area contributed by atoms with Gasteiger partial charge in [0.2, 0.25) is 0 Å². The van der Waals surface area contributed by atoms with Gasteiger partial charge < -0.3 is 14.6 Å². The Morgan fingerprint density at radius 2 is 1.73 bits per heavy atom. The Labute approximate surface area is 171 Å². The number of nitrogens with one attached hydrogen (secondary N) is 1. The molecule has 3 rings (SSSR count). The van der Waals surface area contributed by atoms with E-state index in [1.807, 2.05) is 0 Å². The Hall–Kier alpha value is -3.92. The zero-order valence-corrected chi connectivity index (χ0v) is 16.2. The number of carbonyl (C=O) groups is 1. The molecule has 10 heteroatoms. The van der Waals surface area contributed by atoms with Crippen molar-refractivity contribution in [2.75, 3.05) is 0 Å². The van der Waals surface area contributed by atoms with Crippen molar-refractivity contribution in [3.8, 4) is 11.5 Å². The number of nitrogens with zero attached hydrogens (tertiary/aromatic N) is 1. The van der Waals surface area contributed by atoms with Gasteiger partial charge in [-0.3, -0.25) is 14.9 Å². The fraction of sp³-hybridized carbons (Fsp3) is 0.0500. The highest BCUT2D eigenvalue weighted by molar-refractivity contribution is 7.87. The number of para-hydroxylation sites is 1. The van der Waals surface area contributed by atoms with Crippen LogP contribution in [-0.2, 0) is 16.7 Å². The Kier molecular flexibility index (Phi) is 5.98. The summed E-state index contributed by atoms with van der Waals surface area (Å²) in [6.07, 6.45) is 0. The van der Waals surface area contributed by atoms with Gasteiger partial charge in [0, 0.05) is 29.8 Å². The van der Waals surface area contributed by atoms with Gasteiger partial charge >= 0.3 is 10.1 Å². The minimum absolute atomic E-state index is 0.0567. The van der Waals surface area contributed by atoms with Crippen LogP contribution in [0.15, 0.2) is 77.7 Å². The second-order valence-electron chi connectivity index (χ2n) is 6.13. The van der Waals surface area contributed by atoms with E-state index in [-0.39, 0.29) is 34.2 Å². The van der Waals surface area contributed by atoms with E-state index in [4.69, 9.17) is 4.18 Å². The number of phenolic OH excluding ortho intramolecular Hbond substituents is 1. The maximum absolute atomic E-state index is 12.3. The molecule has 0 aliphatic heterocycles. The molecule has 0 bridgehead atoms. The van der Waals surface area contributed by atoms with Crippen molar-refractivity contribution in [1.82, 2.24) is 5.32 Å². The molecule has 3 aromatic rings. The van der Waals surface area contributed by atoms with Crippen molar-refractivity contribution in [1.29, 1.82) is 0 Å². The third-order valence-electron chi connectivity index (χ3n) is 4.07. The summed E-state index contributed by atoms with van der Waals surface area (Å²) in [5.41, 5.74) is 0.426. The quantitative estimate of drug-likeness (QED) is 0.335. The predicted molar refractivity (Wildman–Crippen MR) is 107 cm³/mol. The summed E-state index contributed by atoms with van der Waals surface area (Å²) >= 11 is 0. The first-order valence-corrected chi connectivity index (χ1v) is 10.0. The van der Waals surface area contributed by atoms with Crippen LogP contribution in [0.2, 0.25) is 0 Å². The smallest absolute Gasteiger partial charge is 0.339 e. The van der Waals surface area contributed by atoms with Crippen molar-refractivity contribution in [3.05, 3.63) is 94.0 Å². The van der Waals surface area contributed by atoms with Gasteiger partial charge in [-0.1, -0.05) is 24.3 Å². The van der Waals surface area contributed by atoms with E-state index in [1.54, 1.807) is 18.2 Å². The fourth-order valence-corrected chi connectivity index (χ4v) is 3.50. The van der Waals surface area contributed by atoms with Crippen LogP contribution in [0, 0.1) is 10.1 Å². The van der Waals surface area contributed by atoms with Gasteiger partial charge in [0.15, 0.2) is 0 Å². The van der Waals surface area contributed by atoms with Gasteiger partial charge in [-0.05, 0) is 36.4 Å². The lowest BCUT2D eigenvalue weighted by Crippen LogP contribution is -2.22. The molecule has 0 atom stereocenters. The summed E-state index contributed by atoms with van der Waals surface area (Å²) in [6, 6.07) is 16.4. The van der Waals surface area contributed by atoms with E-state index in [9.17, 15) is 28.4 Å². The van der Waals surface area contributed by atoms with Gasteiger partial charge in [0.1, 0.15) is 16.4 Å². The molecule has 0 spiro atoms. The molecule has 0 aromatic heterocycles. The number of phenols is 1. The summed E-state index contributed by atoms with van der Waals surface area (Å²) in [6.45, 7) is 0.116. The zero-order valence-electron chi connectivity index (χ0n) is 15.4. The monoisotopic (exact) mass is 428 g/mol. The molecule has 0 aliphatic carbocycles. The average Bonchev–Trinajstić information content (AvgIpc) is 2.73. The molecule has 30 heavy (non-hydrogen) atoms. The maximum atomic E-state index is 12.3. The van der Waals surface area contributed by atoms with Crippen LogP contribution in [0.3, 0.4) is 0 Å². The molecule has 0 aliphatic rings. The van der Waals surface area contributed by atoms with Crippen molar-refractivity contribution in [3.63, 3.8) is 0 Å². The van der Waals surface area contributed by atoms with E-state index < -0.39 is 20.9 Å². The Bertz CT molecular complexity index is 1190. The third-order valence-corrected chi connectivity index (χ3v) is 5.31. The van der Waals surface area contributed by atoms with Crippen LogP contribution in [0.25, 0.3) is 0 Å². The van der Waals surface area contributed by atoms with Crippen LogP contribution < -0.4 is 9.50 Å². The SMILES string of the molecule is O=C(NCc1ccccc1O)c1ccc(OS(=O)(=O)c2cccc([N+](=O)[O-])c2)cc1. The molecule has 0 saturated carbocycles. The molecule has 0 fully saturated rings. The number of hydrogen-bond donors (Lipinski definition) is 2. The first-order valence-electron chi connectivity index (χ1n) is 8.60. The fourth-order valence-electron chi connectivity index (χ4n) is 2.53. The molecule has 3 aromatic carbocycles. The van der Waals surface area contributed by atoms with E-state index in [0.29, 0.717) is 5.56 Å². The molecular formula is C20H16N2O7S. The summed E-state index contributed by atoms with van der Waals surface area (Å²) in [5.74, 6) is -0.419. The largest absolute Gasteiger partial charge is 0.508 e. The predicted octanol–water partition coefficient (Wildman–Crippen LogP) is 3.00. The molecule has 9 nitrogen and oxygen atoms in total. The van der Waals surface area contributed by atoms with E-state index in [2.05, 4.69) is 5.32 Å². The van der Waals surface area contributed by atoms with Crippen molar-refractivity contribution >= 4 is 21.7 Å². The van der Waals surface area contributed by atoms with Crippen molar-refractivity contribution < 1.29 is 27.4 Å². The Morgan fingerprint density at radius 1 is 1.03 bits per heavy atom. The van der Waals surface area contributed by atoms with Crippen LogP contribution in [0.1, 0.15) is 15.9 Å². The molecule has 0 unspecified atom stereocenters. The number of hydrogen-bond acceptors (Lipinski definition) is 7. The minimum Gasteiger partial charge on any atom is -0.508 e. The van der Waals surface area contributed by atoms with Crippen LogP contribution >= 0.6 is 0 Å². The van der Waals surface area contributed by atoms with E-state index >= 15 is 0 Å². The van der Waals surface area contributed by atoms with Gasteiger partial charge in [-0.25, -0.2) is 0 Å². The molecule has 0 radical (unpaired) electrons. The topological polar surface area (TPSA) is 136 Å². The van der Waals surface area contributed by atoms with Crippen LogP contribution in [0.5, 0.6) is 11.5 Å². The average molecular weight is 428 g/mol. The Balaban J connectivity index is 1.68. The summed E-state index contributed by atoms with van der Waals surface area (Å²) < 4.78 is 29.7. The first kappa shape index (κ1) is 20.8. The van der Waals surface area contributed by atoms with Gasteiger partial charge in [-0.2, -0.15) is 8.42 Å². The van der Waals surface area contributed by atoms with Gasteiger partial charge in [0.05, 0.1) is 4.92 Å². The molecule has 2 N–H and O–H groups in total. The van der Waals surface area contributed by atoms with E-state index in [0.717, 1.165) is 6.07 Å². The number of carbonyl (C=O) groups excluding carboxylic acids is 1. The highest BCUT2D eigenvalue weighted by atomic mass is 32.2. The second-order valence-corrected chi connectivity index (χ2v) is 7.67. The van der Waals surface area contributed by atoms with Crippen LogP contribution in [-0.4, -0.2) is 24.4 Å². The molecule has 0 heterocycles. The summed E-state index contributed by atoms with van der Waals surface area (Å²) in [4.78, 5) is 22.0. The van der Waals surface area contributed by atoms with Crippen molar-refractivity contribution in [2.24, 2.45) is 0 Å². The number of rotatable bonds is 7. The zero-order chi connectivity index (χ0) is 21.7. The van der Waals surface area contributed by atoms with Crippen molar-refractivity contribution in [2.45, 2.75) is 11.4 Å². The van der Waals surface area contributed by atoms with Gasteiger partial charge in [0.25, 0.3) is 11.6 Å². The number of nitro benzene ring substituents is 1. The Morgan fingerprint density at radius 3 is 2.40 bits per heavy atom. The number of amides is 1. The highest BCUT2D eigenvalue weighted by Gasteiger charge is 2.20. The molecular weight excluding hydrogens is 412 g/mol. The molecule has 0 saturated heterocycles. The maximum Gasteiger partial charge on any atom is 0.339 e. The summed E-state index contributed by atoms with van der Waals surface area (Å²) in [7, 11) is -4.29. The lowest BCUT2D eigenvalue weighted by Gasteiger charge is -2.09. The number of benzene rings is 3. The second kappa shape index (κ2) is 8.62. The normalized spacial score (nSPS) is 10.9. The number of aromatic hydroxyl groups is 1. The lowest BCUT2D eigenvalue weighted by molar-refractivity contribution is -0.385. The standard InChI is InChI=1S/C20H16N2O7S/c23-19-7-2-1-4-15(19)13-21-20(24)14-8-10-17(11-9-14)29-30(27,28)18-6-3-5-16(12-18)22(25)26/h1-12,23H,13H2,(H,21,24). The van der Waals surface area contributed by atoms with E-state index in [1.165, 1.54) is 48.5 Å². The van der Waals surface area contributed by atoms with Gasteiger partial charge in [-0.15, -0.1) is 0 Å². The molecule has 154 valence electrons. The first-order chi connectivity index (χ1) is 14.3. The summed E-state index contributed by atoms with van der Waals surface area (Å²) in [5, 5.41) is 23.2. The highest BCUT2D eigenvalue weighted by Crippen LogP contribution is 2.22. The molecule has 1 amide bonds. The third kappa shape index (κ3) is 4.92. The number of nitro groups is 1. The minimum atomic E-state index is -4.29.